The van der Waals surface area contributed by atoms with E-state index < -0.39 is 9.84 Å². The van der Waals surface area contributed by atoms with Crippen molar-refractivity contribution in [3.63, 3.8) is 0 Å². The molecule has 5 nitrogen and oxygen atoms in total. The fourth-order valence-electron chi connectivity index (χ4n) is 3.10. The van der Waals surface area contributed by atoms with E-state index in [2.05, 4.69) is 5.32 Å². The molecule has 0 aromatic carbocycles. The average Bonchev–Trinajstić information content (AvgIpc) is 3.00. The predicted octanol–water partition coefficient (Wildman–Crippen LogP) is 1.22. The van der Waals surface area contributed by atoms with E-state index >= 15 is 0 Å². The molecule has 2 aliphatic rings. The summed E-state index contributed by atoms with van der Waals surface area (Å²) in [6.45, 7) is 3.92. The van der Waals surface area contributed by atoms with Crippen molar-refractivity contribution in [2.24, 2.45) is 5.92 Å². The third-order valence-electron chi connectivity index (χ3n) is 4.18. The zero-order chi connectivity index (χ0) is 14.8. The molecule has 1 aliphatic heterocycles. The van der Waals surface area contributed by atoms with E-state index in [-0.39, 0.29) is 36.2 Å². The van der Waals surface area contributed by atoms with Crippen LogP contribution in [0.2, 0.25) is 0 Å². The van der Waals surface area contributed by atoms with E-state index in [0.29, 0.717) is 12.3 Å². The average molecular weight is 339 g/mol. The van der Waals surface area contributed by atoms with Crippen LogP contribution in [0.1, 0.15) is 39.0 Å². The van der Waals surface area contributed by atoms with Gasteiger partial charge in [-0.05, 0) is 51.6 Å². The van der Waals surface area contributed by atoms with Gasteiger partial charge in [-0.1, -0.05) is 0 Å². The Hall–Kier alpha value is -0.330. The van der Waals surface area contributed by atoms with Crippen LogP contribution in [0.15, 0.2) is 0 Å². The van der Waals surface area contributed by atoms with Crippen molar-refractivity contribution in [2.45, 2.75) is 51.1 Å². The first kappa shape index (κ1) is 18.7. The summed E-state index contributed by atoms with van der Waals surface area (Å²) in [4.78, 5) is 14.3. The van der Waals surface area contributed by atoms with Gasteiger partial charge in [-0.15, -0.1) is 12.4 Å². The molecular weight excluding hydrogens is 312 g/mol. The molecule has 1 heterocycles. The molecule has 7 heteroatoms. The lowest BCUT2D eigenvalue weighted by Gasteiger charge is -2.29. The highest BCUT2D eigenvalue weighted by molar-refractivity contribution is 7.90. The maximum absolute atomic E-state index is 12.4. The molecule has 0 radical (unpaired) electrons. The third kappa shape index (κ3) is 6.12. The zero-order valence-corrected chi connectivity index (χ0v) is 14.5. The van der Waals surface area contributed by atoms with Gasteiger partial charge in [0.1, 0.15) is 9.84 Å². The highest BCUT2D eigenvalue weighted by Crippen LogP contribution is 2.30. The molecule has 1 saturated carbocycles. The molecule has 21 heavy (non-hydrogen) atoms. The Morgan fingerprint density at radius 2 is 2.00 bits per heavy atom. The molecule has 0 aromatic heterocycles. The highest BCUT2D eigenvalue weighted by Gasteiger charge is 2.36. The second-order valence-corrected chi connectivity index (χ2v) is 8.56. The van der Waals surface area contributed by atoms with Crippen molar-refractivity contribution in [3.05, 3.63) is 0 Å². The number of hydrogen-bond donors (Lipinski definition) is 1. The standard InChI is InChI=1S/C14H26N2O3S.ClH/c1-11(10-20(2,18)19)16(13-4-5-13)14(17)6-3-12-7-8-15-9-12;/h11-13,15H,3-10H2,1-2H3;1H. The molecule has 2 fully saturated rings. The summed E-state index contributed by atoms with van der Waals surface area (Å²) in [5.41, 5.74) is 0. The number of halogens is 1. The van der Waals surface area contributed by atoms with E-state index in [1.807, 2.05) is 11.8 Å². The number of sulfone groups is 1. The number of nitrogens with zero attached hydrogens (tertiary/aromatic N) is 1. The Morgan fingerprint density at radius 1 is 1.33 bits per heavy atom. The second-order valence-electron chi connectivity index (χ2n) is 6.37. The molecule has 2 atom stereocenters. The fraction of sp³-hybridized carbons (Fsp3) is 0.929. The Labute approximate surface area is 134 Å². The number of carbonyl (C=O) groups excluding carboxylic acids is 1. The molecule has 0 spiro atoms. The second kappa shape index (κ2) is 7.79. The normalized spacial score (nSPS) is 23.4. The van der Waals surface area contributed by atoms with Crippen LogP contribution in [0, 0.1) is 5.92 Å². The number of rotatable bonds is 7. The Balaban J connectivity index is 0.00000220. The number of nitrogens with one attached hydrogen (secondary N) is 1. The van der Waals surface area contributed by atoms with E-state index in [1.54, 1.807) is 0 Å². The molecule has 2 unspecified atom stereocenters. The number of hydrogen-bond acceptors (Lipinski definition) is 4. The first-order chi connectivity index (χ1) is 9.37. The molecule has 0 aromatic rings. The summed E-state index contributed by atoms with van der Waals surface area (Å²) < 4.78 is 22.9. The minimum Gasteiger partial charge on any atom is -0.336 e. The van der Waals surface area contributed by atoms with Crippen molar-refractivity contribution < 1.29 is 13.2 Å². The van der Waals surface area contributed by atoms with Gasteiger partial charge in [0.25, 0.3) is 0 Å². The van der Waals surface area contributed by atoms with Gasteiger partial charge in [-0.3, -0.25) is 4.79 Å². The van der Waals surface area contributed by atoms with Crippen molar-refractivity contribution in [3.8, 4) is 0 Å². The Morgan fingerprint density at radius 3 is 2.48 bits per heavy atom. The summed E-state index contributed by atoms with van der Waals surface area (Å²) in [7, 11) is -3.04. The summed E-state index contributed by atoms with van der Waals surface area (Å²) in [5.74, 6) is 0.806. The van der Waals surface area contributed by atoms with Gasteiger partial charge in [-0.2, -0.15) is 0 Å². The minimum absolute atomic E-state index is 0. The molecule has 0 bridgehead atoms. The Bertz CT molecular complexity index is 445. The van der Waals surface area contributed by atoms with Crippen LogP contribution in [0.3, 0.4) is 0 Å². The van der Waals surface area contributed by atoms with E-state index in [0.717, 1.165) is 38.8 Å². The SMILES string of the molecule is CC(CS(C)(=O)=O)N(C(=O)CCC1CCNC1)C1CC1.Cl. The van der Waals surface area contributed by atoms with E-state index in [9.17, 15) is 13.2 Å². The predicted molar refractivity (Wildman–Crippen MR) is 86.5 cm³/mol. The summed E-state index contributed by atoms with van der Waals surface area (Å²) in [5, 5.41) is 3.31. The maximum Gasteiger partial charge on any atom is 0.223 e. The fourth-order valence-corrected chi connectivity index (χ4v) is 4.13. The molecule has 2 rings (SSSR count). The largest absolute Gasteiger partial charge is 0.336 e. The first-order valence-corrected chi connectivity index (χ1v) is 9.62. The maximum atomic E-state index is 12.4. The van der Waals surface area contributed by atoms with Crippen molar-refractivity contribution >= 4 is 28.2 Å². The molecule has 124 valence electrons. The smallest absolute Gasteiger partial charge is 0.223 e. The van der Waals surface area contributed by atoms with Crippen LogP contribution in [0.5, 0.6) is 0 Å². The van der Waals surface area contributed by atoms with Gasteiger partial charge in [0.05, 0.1) is 5.75 Å². The molecule has 1 aliphatic carbocycles. The lowest BCUT2D eigenvalue weighted by Crippen LogP contribution is -2.43. The van der Waals surface area contributed by atoms with Crippen LogP contribution in [0.4, 0.5) is 0 Å². The van der Waals surface area contributed by atoms with Gasteiger partial charge in [0.15, 0.2) is 0 Å². The topological polar surface area (TPSA) is 66.5 Å². The minimum atomic E-state index is -3.04. The highest BCUT2D eigenvalue weighted by atomic mass is 35.5. The van der Waals surface area contributed by atoms with E-state index in [1.165, 1.54) is 6.26 Å². The van der Waals surface area contributed by atoms with Crippen LogP contribution in [-0.4, -0.2) is 56.4 Å². The summed E-state index contributed by atoms with van der Waals surface area (Å²) in [6.07, 6.45) is 5.89. The van der Waals surface area contributed by atoms with Gasteiger partial charge >= 0.3 is 0 Å². The van der Waals surface area contributed by atoms with Gasteiger partial charge in [0, 0.05) is 24.8 Å². The number of amides is 1. The first-order valence-electron chi connectivity index (χ1n) is 7.56. The monoisotopic (exact) mass is 338 g/mol. The van der Waals surface area contributed by atoms with Crippen molar-refractivity contribution in [1.29, 1.82) is 0 Å². The van der Waals surface area contributed by atoms with Gasteiger partial charge < -0.3 is 10.2 Å². The van der Waals surface area contributed by atoms with Crippen molar-refractivity contribution in [2.75, 3.05) is 25.1 Å². The molecular formula is C14H27ClN2O3S. The van der Waals surface area contributed by atoms with Crippen LogP contribution in [-0.2, 0) is 14.6 Å². The number of carbonyl (C=O) groups is 1. The Kier molecular flexibility index (Phi) is 6.94. The summed E-state index contributed by atoms with van der Waals surface area (Å²) in [6, 6.07) is 0.0765. The zero-order valence-electron chi connectivity index (χ0n) is 12.9. The summed E-state index contributed by atoms with van der Waals surface area (Å²) >= 11 is 0. The molecule has 1 saturated heterocycles. The van der Waals surface area contributed by atoms with Crippen LogP contribution >= 0.6 is 12.4 Å². The van der Waals surface area contributed by atoms with Crippen LogP contribution in [0.25, 0.3) is 0 Å². The molecule has 1 N–H and O–H groups in total. The molecule has 1 amide bonds. The third-order valence-corrected chi connectivity index (χ3v) is 5.26. The van der Waals surface area contributed by atoms with Gasteiger partial charge in [-0.25, -0.2) is 8.42 Å². The van der Waals surface area contributed by atoms with Crippen molar-refractivity contribution in [1.82, 2.24) is 10.2 Å². The quantitative estimate of drug-likeness (QED) is 0.758. The van der Waals surface area contributed by atoms with E-state index in [4.69, 9.17) is 0 Å². The lowest BCUT2D eigenvalue weighted by molar-refractivity contribution is -0.133. The van der Waals surface area contributed by atoms with Crippen LogP contribution < -0.4 is 5.32 Å². The van der Waals surface area contributed by atoms with Gasteiger partial charge in [0.2, 0.25) is 5.91 Å². The lowest BCUT2D eigenvalue weighted by atomic mass is 10.0.